The Kier molecular flexibility index (Phi) is 6.17. The average molecular weight is 312 g/mol. The number of aryl methyl sites for hydroxylation is 1. The minimum atomic E-state index is -0.332. The fourth-order valence-electron chi connectivity index (χ4n) is 1.93. The van der Waals surface area contributed by atoms with Gasteiger partial charge in [0.2, 0.25) is 0 Å². The van der Waals surface area contributed by atoms with E-state index in [-0.39, 0.29) is 12.5 Å². The fraction of sp³-hybridized carbons (Fsp3) is 0.222. The molecule has 2 rings (SSSR count). The smallest absolute Gasteiger partial charge is 0.277 e. The van der Waals surface area contributed by atoms with Crippen molar-refractivity contribution in [3.8, 4) is 11.5 Å². The summed E-state index contributed by atoms with van der Waals surface area (Å²) in [6.07, 6.45) is 1.61. The van der Waals surface area contributed by atoms with Crippen LogP contribution in [-0.2, 0) is 4.79 Å². The number of carbonyl (C=O) groups excluding carboxylic acids is 1. The first-order valence-electron chi connectivity index (χ1n) is 7.43. The van der Waals surface area contributed by atoms with Gasteiger partial charge in [-0.15, -0.1) is 0 Å². The van der Waals surface area contributed by atoms with Crippen molar-refractivity contribution in [3.05, 3.63) is 59.7 Å². The first-order valence-corrected chi connectivity index (χ1v) is 7.43. The van der Waals surface area contributed by atoms with Crippen molar-refractivity contribution in [2.75, 3.05) is 13.2 Å². The Bertz CT molecular complexity index is 683. The van der Waals surface area contributed by atoms with Crippen molar-refractivity contribution in [3.63, 3.8) is 0 Å². The van der Waals surface area contributed by atoms with E-state index < -0.39 is 0 Å². The summed E-state index contributed by atoms with van der Waals surface area (Å²) in [6.45, 7) is 4.28. The number of amides is 1. The maximum atomic E-state index is 11.8. The summed E-state index contributed by atoms with van der Waals surface area (Å²) in [5.41, 5.74) is 4.49. The van der Waals surface area contributed by atoms with E-state index >= 15 is 0 Å². The van der Waals surface area contributed by atoms with Gasteiger partial charge in [0.05, 0.1) is 12.8 Å². The molecule has 0 heterocycles. The fourth-order valence-corrected chi connectivity index (χ4v) is 1.93. The van der Waals surface area contributed by atoms with Gasteiger partial charge in [0.1, 0.15) is 0 Å². The Morgan fingerprint density at radius 1 is 1.09 bits per heavy atom. The number of nitrogens with zero attached hydrogens (tertiary/aromatic N) is 1. The average Bonchev–Trinajstić information content (AvgIpc) is 2.56. The highest BCUT2D eigenvalue weighted by Gasteiger charge is 2.06. The second-order valence-electron chi connectivity index (χ2n) is 4.82. The van der Waals surface area contributed by atoms with E-state index in [1.54, 1.807) is 18.3 Å². The minimum Gasteiger partial charge on any atom is -0.490 e. The van der Waals surface area contributed by atoms with E-state index in [9.17, 15) is 4.79 Å². The molecule has 0 aliphatic heterocycles. The summed E-state index contributed by atoms with van der Waals surface area (Å²) < 4.78 is 10.9. The summed E-state index contributed by atoms with van der Waals surface area (Å²) >= 11 is 0. The van der Waals surface area contributed by atoms with Crippen LogP contribution in [0, 0.1) is 6.92 Å². The Morgan fingerprint density at radius 2 is 1.74 bits per heavy atom. The summed E-state index contributed by atoms with van der Waals surface area (Å²) in [5.74, 6) is 0.819. The lowest BCUT2D eigenvalue weighted by Crippen LogP contribution is -2.24. The Balaban J connectivity index is 1.85. The third kappa shape index (κ3) is 5.14. The highest BCUT2D eigenvalue weighted by atomic mass is 16.5. The van der Waals surface area contributed by atoms with E-state index in [1.165, 1.54) is 0 Å². The molecule has 2 aromatic rings. The molecule has 5 nitrogen and oxygen atoms in total. The standard InChI is InChI=1S/C18H20N2O3/c1-3-22-16-10-6-7-11-17(16)23-13-18(21)20-19-12-15-9-5-4-8-14(15)2/h4-12H,3,13H2,1-2H3,(H,20,21)/b19-12+. The molecule has 0 fully saturated rings. The van der Waals surface area contributed by atoms with Crippen LogP contribution in [0.15, 0.2) is 53.6 Å². The van der Waals surface area contributed by atoms with Crippen LogP contribution in [0.2, 0.25) is 0 Å². The molecule has 0 unspecified atom stereocenters. The number of hydrazone groups is 1. The van der Waals surface area contributed by atoms with Crippen LogP contribution in [0.3, 0.4) is 0 Å². The van der Waals surface area contributed by atoms with Crippen LogP contribution in [-0.4, -0.2) is 25.3 Å². The SMILES string of the molecule is CCOc1ccccc1OCC(=O)N/N=C/c1ccccc1C. The van der Waals surface area contributed by atoms with Crippen LogP contribution in [0.4, 0.5) is 0 Å². The van der Waals surface area contributed by atoms with Crippen molar-refractivity contribution >= 4 is 12.1 Å². The maximum Gasteiger partial charge on any atom is 0.277 e. The normalized spacial score (nSPS) is 10.5. The van der Waals surface area contributed by atoms with Crippen LogP contribution in [0.1, 0.15) is 18.1 Å². The molecule has 0 aliphatic carbocycles. The third-order valence-electron chi connectivity index (χ3n) is 3.09. The van der Waals surface area contributed by atoms with Gasteiger partial charge in [-0.3, -0.25) is 4.79 Å². The van der Waals surface area contributed by atoms with E-state index in [2.05, 4.69) is 10.5 Å². The van der Waals surface area contributed by atoms with E-state index in [4.69, 9.17) is 9.47 Å². The van der Waals surface area contributed by atoms with Gasteiger partial charge in [0.15, 0.2) is 18.1 Å². The molecule has 0 saturated heterocycles. The monoisotopic (exact) mass is 312 g/mol. The zero-order valence-corrected chi connectivity index (χ0v) is 13.3. The number of rotatable bonds is 7. The molecule has 0 bridgehead atoms. The predicted octanol–water partition coefficient (Wildman–Crippen LogP) is 2.92. The lowest BCUT2D eigenvalue weighted by molar-refractivity contribution is -0.123. The molecule has 5 heteroatoms. The molecule has 0 radical (unpaired) electrons. The van der Waals surface area contributed by atoms with Crippen LogP contribution in [0.25, 0.3) is 0 Å². The maximum absolute atomic E-state index is 11.8. The molecule has 1 N–H and O–H groups in total. The highest BCUT2D eigenvalue weighted by Crippen LogP contribution is 2.26. The van der Waals surface area contributed by atoms with E-state index in [0.717, 1.165) is 11.1 Å². The summed E-state index contributed by atoms with van der Waals surface area (Å²) in [5, 5.41) is 3.94. The van der Waals surface area contributed by atoms with E-state index in [1.807, 2.05) is 50.2 Å². The molecular weight excluding hydrogens is 292 g/mol. The third-order valence-corrected chi connectivity index (χ3v) is 3.09. The number of para-hydroxylation sites is 2. The molecule has 0 aliphatic rings. The number of benzene rings is 2. The summed E-state index contributed by atoms with van der Waals surface area (Å²) in [6, 6.07) is 15.0. The lowest BCUT2D eigenvalue weighted by Gasteiger charge is -2.10. The van der Waals surface area contributed by atoms with Crippen molar-refractivity contribution in [1.82, 2.24) is 5.43 Å². The Morgan fingerprint density at radius 3 is 2.43 bits per heavy atom. The number of ether oxygens (including phenoxy) is 2. The van der Waals surface area contributed by atoms with E-state index in [0.29, 0.717) is 18.1 Å². The molecule has 0 saturated carbocycles. The molecule has 0 aromatic heterocycles. The summed E-state index contributed by atoms with van der Waals surface area (Å²) in [7, 11) is 0. The Labute approximate surface area is 135 Å². The first kappa shape index (κ1) is 16.5. The number of nitrogens with one attached hydrogen (secondary N) is 1. The van der Waals surface area contributed by atoms with Crippen molar-refractivity contribution in [2.24, 2.45) is 5.10 Å². The Hall–Kier alpha value is -2.82. The van der Waals surface area contributed by atoms with Gasteiger partial charge < -0.3 is 9.47 Å². The van der Waals surface area contributed by atoms with Crippen LogP contribution < -0.4 is 14.9 Å². The van der Waals surface area contributed by atoms with Gasteiger partial charge in [0.25, 0.3) is 5.91 Å². The highest BCUT2D eigenvalue weighted by molar-refractivity contribution is 5.84. The molecular formula is C18H20N2O3. The predicted molar refractivity (Wildman–Crippen MR) is 90.0 cm³/mol. The van der Waals surface area contributed by atoms with Gasteiger partial charge in [0, 0.05) is 0 Å². The second-order valence-corrected chi connectivity index (χ2v) is 4.82. The van der Waals surface area contributed by atoms with Crippen LogP contribution >= 0.6 is 0 Å². The van der Waals surface area contributed by atoms with Gasteiger partial charge in [-0.05, 0) is 37.1 Å². The zero-order chi connectivity index (χ0) is 16.5. The zero-order valence-electron chi connectivity index (χ0n) is 13.3. The van der Waals surface area contributed by atoms with Gasteiger partial charge in [-0.1, -0.05) is 36.4 Å². The minimum absolute atomic E-state index is 0.130. The van der Waals surface area contributed by atoms with Crippen molar-refractivity contribution in [1.29, 1.82) is 0 Å². The first-order chi connectivity index (χ1) is 11.2. The summed E-state index contributed by atoms with van der Waals surface area (Å²) in [4.78, 5) is 11.8. The van der Waals surface area contributed by atoms with Crippen molar-refractivity contribution < 1.29 is 14.3 Å². The van der Waals surface area contributed by atoms with Gasteiger partial charge >= 0.3 is 0 Å². The topological polar surface area (TPSA) is 59.9 Å². The molecule has 0 atom stereocenters. The van der Waals surface area contributed by atoms with Gasteiger partial charge in [-0.25, -0.2) is 5.43 Å². The van der Waals surface area contributed by atoms with Crippen LogP contribution in [0.5, 0.6) is 11.5 Å². The molecule has 0 spiro atoms. The molecule has 120 valence electrons. The number of hydrogen-bond acceptors (Lipinski definition) is 4. The van der Waals surface area contributed by atoms with Crippen molar-refractivity contribution in [2.45, 2.75) is 13.8 Å². The molecule has 23 heavy (non-hydrogen) atoms. The number of carbonyl (C=O) groups is 1. The molecule has 2 aromatic carbocycles. The van der Waals surface area contributed by atoms with Gasteiger partial charge in [-0.2, -0.15) is 5.10 Å². The largest absolute Gasteiger partial charge is 0.490 e. The second kappa shape index (κ2) is 8.58. The molecule has 1 amide bonds. The quantitative estimate of drug-likeness (QED) is 0.631. The lowest BCUT2D eigenvalue weighted by atomic mass is 10.1. The number of hydrogen-bond donors (Lipinski definition) is 1.